The zero-order valence-corrected chi connectivity index (χ0v) is 21.7. The van der Waals surface area contributed by atoms with Gasteiger partial charge < -0.3 is 24.4 Å². The number of hydrogen-bond acceptors (Lipinski definition) is 8. The van der Waals surface area contributed by atoms with E-state index in [9.17, 15) is 9.59 Å². The van der Waals surface area contributed by atoms with Gasteiger partial charge in [-0.15, -0.1) is 11.3 Å². The van der Waals surface area contributed by atoms with Crippen molar-refractivity contribution in [3.8, 4) is 11.5 Å². The van der Waals surface area contributed by atoms with Gasteiger partial charge in [0.2, 0.25) is 0 Å². The number of amides is 3. The first-order valence-corrected chi connectivity index (χ1v) is 12.3. The Morgan fingerprint density at radius 2 is 2.00 bits per heavy atom. The topological polar surface area (TPSA) is 106 Å². The lowest BCUT2D eigenvalue weighted by atomic mass is 10.1. The molecule has 1 N–H and O–H groups in total. The van der Waals surface area contributed by atoms with Crippen LogP contribution in [0.2, 0.25) is 0 Å². The summed E-state index contributed by atoms with van der Waals surface area (Å²) in [7, 11) is 3.14. The molecule has 1 aliphatic rings. The Bertz CT molecular complexity index is 1240. The average molecular weight is 512 g/mol. The fourth-order valence-electron chi connectivity index (χ4n) is 3.67. The van der Waals surface area contributed by atoms with Gasteiger partial charge in [0, 0.05) is 17.0 Å². The molecule has 36 heavy (non-hydrogen) atoms. The molecule has 0 fully saturated rings. The number of methoxy groups -OCH3 is 2. The van der Waals surface area contributed by atoms with Crippen molar-refractivity contribution in [3.05, 3.63) is 58.2 Å². The summed E-state index contributed by atoms with van der Waals surface area (Å²) in [5.41, 5.74) is 3.82. The van der Waals surface area contributed by atoms with Gasteiger partial charge in [0.25, 0.3) is 0 Å². The minimum atomic E-state index is -0.703. The number of benzene rings is 1. The Morgan fingerprint density at radius 3 is 2.67 bits per heavy atom. The molecule has 2 aromatic heterocycles. The van der Waals surface area contributed by atoms with Gasteiger partial charge >= 0.3 is 12.1 Å². The molecule has 0 aliphatic carbocycles. The molecule has 11 heteroatoms. The maximum atomic E-state index is 13.3. The van der Waals surface area contributed by atoms with E-state index in [0.29, 0.717) is 35.2 Å². The van der Waals surface area contributed by atoms with Crippen molar-refractivity contribution in [2.45, 2.75) is 46.0 Å². The molecule has 0 saturated heterocycles. The molecule has 0 unspecified atom stereocenters. The van der Waals surface area contributed by atoms with Crippen LogP contribution in [0.1, 0.15) is 37.7 Å². The van der Waals surface area contributed by atoms with Crippen LogP contribution in [0.3, 0.4) is 0 Å². The summed E-state index contributed by atoms with van der Waals surface area (Å²) in [6.07, 6.45) is -0.549. The van der Waals surface area contributed by atoms with Crippen molar-refractivity contribution in [3.63, 3.8) is 0 Å². The third kappa shape index (κ3) is 5.85. The molecule has 1 aliphatic heterocycles. The number of carbonyl (C=O) groups is 2. The first-order valence-electron chi connectivity index (χ1n) is 11.3. The number of carbonyl (C=O) groups excluding carboxylic acids is 2. The number of nitrogens with one attached hydrogen (secondary N) is 1. The first-order chi connectivity index (χ1) is 17.2. The maximum absolute atomic E-state index is 13.3. The second-order valence-corrected chi connectivity index (χ2v) is 9.89. The number of hydrogen-bond donors (Lipinski definition) is 1. The minimum Gasteiger partial charge on any atom is -0.497 e. The standard InChI is InChI=1S/C25H29N5O5S/c1-25(2,3)35-24(32)30(11-16-6-7-18(33-4)10-21(16)34-5)22-9-8-19-20(27-22)13-29(23(31)28-19)12-17-14-36-15-26-17/h6-10,14-15H,11-13H2,1-5H3,(H,28,31). The van der Waals surface area contributed by atoms with E-state index in [1.165, 1.54) is 16.2 Å². The van der Waals surface area contributed by atoms with Crippen molar-refractivity contribution in [2.24, 2.45) is 0 Å². The van der Waals surface area contributed by atoms with Crippen molar-refractivity contribution in [1.82, 2.24) is 14.9 Å². The van der Waals surface area contributed by atoms with E-state index >= 15 is 0 Å². The van der Waals surface area contributed by atoms with Gasteiger partial charge in [-0.25, -0.2) is 19.6 Å². The van der Waals surface area contributed by atoms with Crippen molar-refractivity contribution in [1.29, 1.82) is 0 Å². The van der Waals surface area contributed by atoms with Crippen molar-refractivity contribution >= 4 is 35.0 Å². The summed E-state index contributed by atoms with van der Waals surface area (Å²) in [4.78, 5) is 38.0. The lowest BCUT2D eigenvalue weighted by Gasteiger charge is -2.30. The predicted molar refractivity (Wildman–Crippen MR) is 137 cm³/mol. The van der Waals surface area contributed by atoms with Gasteiger partial charge in [0.15, 0.2) is 0 Å². The van der Waals surface area contributed by atoms with Crippen molar-refractivity contribution in [2.75, 3.05) is 24.4 Å². The maximum Gasteiger partial charge on any atom is 0.416 e. The highest BCUT2D eigenvalue weighted by Gasteiger charge is 2.29. The predicted octanol–water partition coefficient (Wildman–Crippen LogP) is 5.04. The quantitative estimate of drug-likeness (QED) is 0.473. The number of ether oxygens (including phenoxy) is 3. The summed E-state index contributed by atoms with van der Waals surface area (Å²) in [6.45, 7) is 6.22. The van der Waals surface area contributed by atoms with Crippen LogP contribution in [0.15, 0.2) is 41.2 Å². The number of pyridine rings is 1. The molecule has 0 spiro atoms. The van der Waals surface area contributed by atoms with E-state index in [1.807, 2.05) is 32.2 Å². The van der Waals surface area contributed by atoms with Gasteiger partial charge in [0.1, 0.15) is 22.9 Å². The van der Waals surface area contributed by atoms with Crippen LogP contribution >= 0.6 is 11.3 Å². The summed E-state index contributed by atoms with van der Waals surface area (Å²) < 4.78 is 16.5. The number of thiazole rings is 1. The van der Waals surface area contributed by atoms with Gasteiger partial charge in [-0.05, 0) is 45.0 Å². The number of rotatable bonds is 7. The highest BCUT2D eigenvalue weighted by Crippen LogP contribution is 2.30. The van der Waals surface area contributed by atoms with Crippen LogP contribution in [0.5, 0.6) is 11.5 Å². The molecule has 4 rings (SSSR count). The fraction of sp³-hybridized carbons (Fsp3) is 0.360. The zero-order chi connectivity index (χ0) is 25.9. The van der Waals surface area contributed by atoms with Crippen LogP contribution < -0.4 is 19.7 Å². The molecule has 190 valence electrons. The molecule has 1 aromatic carbocycles. The third-order valence-corrected chi connectivity index (χ3v) is 6.01. The Labute approximate surface area is 213 Å². The summed E-state index contributed by atoms with van der Waals surface area (Å²) in [5.74, 6) is 1.61. The van der Waals surface area contributed by atoms with Gasteiger partial charge in [-0.2, -0.15) is 0 Å². The summed E-state index contributed by atoms with van der Waals surface area (Å²) >= 11 is 1.47. The van der Waals surface area contributed by atoms with Crippen LogP contribution in [0.4, 0.5) is 21.1 Å². The number of anilines is 2. The monoisotopic (exact) mass is 511 g/mol. The largest absolute Gasteiger partial charge is 0.497 e. The molecule has 0 atom stereocenters. The van der Waals surface area contributed by atoms with Gasteiger partial charge in [0.05, 0.1) is 56.4 Å². The van der Waals surface area contributed by atoms with E-state index in [2.05, 4.69) is 10.3 Å². The Kier molecular flexibility index (Phi) is 7.30. The lowest BCUT2D eigenvalue weighted by Crippen LogP contribution is -2.40. The van der Waals surface area contributed by atoms with Crippen LogP contribution in [-0.4, -0.2) is 46.8 Å². The summed E-state index contributed by atoms with van der Waals surface area (Å²) in [5, 5.41) is 4.77. The molecule has 3 heterocycles. The molecular formula is C25H29N5O5S. The number of nitrogens with zero attached hydrogens (tertiary/aromatic N) is 4. The van der Waals surface area contributed by atoms with Gasteiger partial charge in [-0.3, -0.25) is 4.90 Å². The number of aromatic nitrogens is 2. The van der Waals surface area contributed by atoms with E-state index in [0.717, 1.165) is 11.3 Å². The Balaban J connectivity index is 1.66. The molecule has 0 radical (unpaired) electrons. The van der Waals surface area contributed by atoms with Crippen molar-refractivity contribution < 1.29 is 23.8 Å². The highest BCUT2D eigenvalue weighted by atomic mass is 32.1. The second kappa shape index (κ2) is 10.4. The highest BCUT2D eigenvalue weighted by molar-refractivity contribution is 7.07. The van der Waals surface area contributed by atoms with Crippen LogP contribution in [-0.2, 0) is 24.4 Å². The minimum absolute atomic E-state index is 0.156. The van der Waals surface area contributed by atoms with Crippen LogP contribution in [0.25, 0.3) is 0 Å². The molecule has 0 saturated carbocycles. The van der Waals surface area contributed by atoms with E-state index < -0.39 is 11.7 Å². The van der Waals surface area contributed by atoms with Crippen LogP contribution in [0, 0.1) is 0 Å². The van der Waals surface area contributed by atoms with E-state index in [1.54, 1.807) is 48.9 Å². The molecular weight excluding hydrogens is 482 g/mol. The lowest BCUT2D eigenvalue weighted by molar-refractivity contribution is 0.0576. The molecule has 10 nitrogen and oxygen atoms in total. The molecule has 3 aromatic rings. The fourth-order valence-corrected chi connectivity index (χ4v) is 4.22. The van der Waals surface area contributed by atoms with E-state index in [4.69, 9.17) is 19.2 Å². The van der Waals surface area contributed by atoms with E-state index in [-0.39, 0.29) is 19.1 Å². The normalized spacial score (nSPS) is 13.0. The number of fused-ring (bicyclic) bond motifs is 1. The zero-order valence-electron chi connectivity index (χ0n) is 20.9. The third-order valence-electron chi connectivity index (χ3n) is 5.38. The molecule has 0 bridgehead atoms. The second-order valence-electron chi connectivity index (χ2n) is 9.17. The average Bonchev–Trinajstić information content (AvgIpc) is 3.35. The molecule has 3 amide bonds. The smallest absolute Gasteiger partial charge is 0.416 e. The van der Waals surface area contributed by atoms with Gasteiger partial charge in [-0.1, -0.05) is 0 Å². The SMILES string of the molecule is COc1ccc(CN(C(=O)OC(C)(C)C)c2ccc3c(n2)CN(Cc2cscn2)C(=O)N3)c(OC)c1. The summed E-state index contributed by atoms with van der Waals surface area (Å²) in [6, 6.07) is 8.61. The first kappa shape index (κ1) is 25.2. The Hall–Kier alpha value is -3.86. The number of urea groups is 1. The Morgan fingerprint density at radius 1 is 1.19 bits per heavy atom.